The first kappa shape index (κ1) is 25.4. The molecule has 186 valence electrons. The van der Waals surface area contributed by atoms with Crippen LogP contribution in [0.2, 0.25) is 5.02 Å². The molecule has 3 N–H and O–H groups in total. The highest BCUT2D eigenvalue weighted by molar-refractivity contribution is 6.30. The Kier molecular flexibility index (Phi) is 8.00. The molecule has 0 bridgehead atoms. The lowest BCUT2D eigenvalue weighted by molar-refractivity contribution is -0.120. The van der Waals surface area contributed by atoms with E-state index in [9.17, 15) is 14.7 Å². The predicted octanol–water partition coefficient (Wildman–Crippen LogP) is 3.59. The third-order valence-corrected chi connectivity index (χ3v) is 5.85. The van der Waals surface area contributed by atoms with Gasteiger partial charge in [0.05, 0.1) is 24.0 Å². The Labute approximate surface area is 215 Å². The molecule has 2 atom stereocenters. The summed E-state index contributed by atoms with van der Waals surface area (Å²) in [7, 11) is 3.70. The molecule has 0 aliphatic carbocycles. The van der Waals surface area contributed by atoms with Gasteiger partial charge in [-0.2, -0.15) is 0 Å². The van der Waals surface area contributed by atoms with Crippen LogP contribution in [0, 0.1) is 0 Å². The fourth-order valence-electron chi connectivity index (χ4n) is 4.05. The topological polar surface area (TPSA) is 97.3 Å². The number of halogens is 1. The van der Waals surface area contributed by atoms with Gasteiger partial charge in [-0.1, -0.05) is 60.1 Å². The maximum absolute atomic E-state index is 13.8. The lowest BCUT2D eigenvalue weighted by Crippen LogP contribution is -2.51. The summed E-state index contributed by atoms with van der Waals surface area (Å²) in [6, 6.07) is 23.0. The van der Waals surface area contributed by atoms with Crippen molar-refractivity contribution in [3.63, 3.8) is 0 Å². The van der Waals surface area contributed by atoms with Crippen LogP contribution in [-0.2, 0) is 4.79 Å². The number of rotatable bonds is 7. The standard InChI is InChI=1S/C27H28ClN5O3/c1-32(2)16-21(34)17-33-23-11-7-6-10-22(23)24(18-8-4-3-5-9-18)30-25(26(33)35)31-27(36)29-20-14-12-19(28)13-15-20/h3-15,21,25,34H,16-17H2,1-2H3,(H2,29,31,36). The molecule has 1 aliphatic rings. The molecule has 4 rings (SSSR count). The number of nitrogens with one attached hydrogen (secondary N) is 2. The van der Waals surface area contributed by atoms with Crippen molar-refractivity contribution in [2.45, 2.75) is 12.3 Å². The molecule has 0 radical (unpaired) electrons. The van der Waals surface area contributed by atoms with Crippen molar-refractivity contribution >= 4 is 40.6 Å². The number of benzene rings is 3. The quantitative estimate of drug-likeness (QED) is 0.457. The second-order valence-corrected chi connectivity index (χ2v) is 9.17. The van der Waals surface area contributed by atoms with E-state index in [4.69, 9.17) is 16.6 Å². The number of benzodiazepines with no additional fused rings is 1. The molecule has 1 heterocycles. The van der Waals surface area contributed by atoms with Crippen LogP contribution in [0.5, 0.6) is 0 Å². The van der Waals surface area contributed by atoms with Crippen LogP contribution in [0.3, 0.4) is 0 Å². The number of para-hydroxylation sites is 1. The van der Waals surface area contributed by atoms with Gasteiger partial charge in [0.15, 0.2) is 0 Å². The van der Waals surface area contributed by atoms with E-state index < -0.39 is 24.2 Å². The monoisotopic (exact) mass is 505 g/mol. The number of hydrogen-bond donors (Lipinski definition) is 3. The molecule has 0 fully saturated rings. The van der Waals surface area contributed by atoms with Gasteiger partial charge in [0.25, 0.3) is 5.91 Å². The summed E-state index contributed by atoms with van der Waals surface area (Å²) < 4.78 is 0. The second kappa shape index (κ2) is 11.3. The van der Waals surface area contributed by atoms with Crippen molar-refractivity contribution in [3.05, 3.63) is 95.0 Å². The Morgan fingerprint density at radius 2 is 1.72 bits per heavy atom. The van der Waals surface area contributed by atoms with Crippen LogP contribution in [0.15, 0.2) is 83.9 Å². The molecule has 0 aromatic heterocycles. The van der Waals surface area contributed by atoms with Gasteiger partial charge in [-0.25, -0.2) is 9.79 Å². The number of aliphatic hydroxyl groups is 1. The predicted molar refractivity (Wildman–Crippen MR) is 143 cm³/mol. The third kappa shape index (κ3) is 6.09. The highest BCUT2D eigenvalue weighted by atomic mass is 35.5. The lowest BCUT2D eigenvalue weighted by Gasteiger charge is -2.28. The number of β-amino-alcohol motifs (C(OH)–C–C–N with tert-alkyl or cyclic N) is 1. The molecule has 8 nitrogen and oxygen atoms in total. The molecule has 9 heteroatoms. The highest BCUT2D eigenvalue weighted by Crippen LogP contribution is 2.28. The average Bonchev–Trinajstić information content (AvgIpc) is 2.96. The maximum atomic E-state index is 13.8. The van der Waals surface area contributed by atoms with E-state index in [0.29, 0.717) is 28.7 Å². The van der Waals surface area contributed by atoms with E-state index in [1.54, 1.807) is 24.3 Å². The van der Waals surface area contributed by atoms with Gasteiger partial charge >= 0.3 is 6.03 Å². The van der Waals surface area contributed by atoms with Gasteiger partial charge in [-0.3, -0.25) is 4.79 Å². The van der Waals surface area contributed by atoms with E-state index in [1.165, 1.54) is 4.90 Å². The maximum Gasteiger partial charge on any atom is 0.321 e. The average molecular weight is 506 g/mol. The van der Waals surface area contributed by atoms with Gasteiger partial charge in [0.1, 0.15) is 0 Å². The Balaban J connectivity index is 1.71. The zero-order valence-corrected chi connectivity index (χ0v) is 20.8. The molecule has 0 spiro atoms. The first-order chi connectivity index (χ1) is 17.3. The largest absolute Gasteiger partial charge is 0.390 e. The molecule has 0 saturated carbocycles. The minimum absolute atomic E-state index is 0.0442. The fraction of sp³-hybridized carbons (Fsp3) is 0.222. The summed E-state index contributed by atoms with van der Waals surface area (Å²) in [5.41, 5.74) is 3.24. The summed E-state index contributed by atoms with van der Waals surface area (Å²) in [5, 5.41) is 16.6. The van der Waals surface area contributed by atoms with Crippen LogP contribution < -0.4 is 15.5 Å². The van der Waals surface area contributed by atoms with Gasteiger partial charge in [-0.05, 0) is 44.4 Å². The first-order valence-corrected chi connectivity index (χ1v) is 11.9. The zero-order valence-electron chi connectivity index (χ0n) is 20.1. The normalized spacial score (nSPS) is 16.1. The molecule has 3 aromatic carbocycles. The fourth-order valence-corrected chi connectivity index (χ4v) is 4.18. The van der Waals surface area contributed by atoms with Crippen molar-refractivity contribution in [2.75, 3.05) is 37.4 Å². The first-order valence-electron chi connectivity index (χ1n) is 11.5. The van der Waals surface area contributed by atoms with Gasteiger partial charge in [0.2, 0.25) is 6.17 Å². The minimum Gasteiger partial charge on any atom is -0.390 e. The van der Waals surface area contributed by atoms with Gasteiger partial charge < -0.3 is 25.5 Å². The van der Waals surface area contributed by atoms with Gasteiger partial charge in [0, 0.05) is 28.4 Å². The van der Waals surface area contributed by atoms with Crippen LogP contribution in [-0.4, -0.2) is 67.1 Å². The molecule has 3 amide bonds. The van der Waals surface area contributed by atoms with Gasteiger partial charge in [-0.15, -0.1) is 0 Å². The van der Waals surface area contributed by atoms with Crippen molar-refractivity contribution in [2.24, 2.45) is 4.99 Å². The number of carbonyl (C=O) groups excluding carboxylic acids is 2. The van der Waals surface area contributed by atoms with E-state index >= 15 is 0 Å². The minimum atomic E-state index is -1.22. The number of aliphatic hydroxyl groups excluding tert-OH is 1. The summed E-state index contributed by atoms with van der Waals surface area (Å²) >= 11 is 5.93. The van der Waals surface area contributed by atoms with Crippen molar-refractivity contribution in [1.29, 1.82) is 0 Å². The highest BCUT2D eigenvalue weighted by Gasteiger charge is 2.34. The summed E-state index contributed by atoms with van der Waals surface area (Å²) in [6.45, 7) is 0.413. The number of fused-ring (bicyclic) bond motifs is 1. The number of hydrogen-bond acceptors (Lipinski definition) is 5. The Hall–Kier alpha value is -3.72. The van der Waals surface area contributed by atoms with E-state index in [-0.39, 0.29) is 6.54 Å². The molecular weight excluding hydrogens is 478 g/mol. The van der Waals surface area contributed by atoms with Crippen molar-refractivity contribution in [3.8, 4) is 0 Å². The third-order valence-electron chi connectivity index (χ3n) is 5.59. The van der Waals surface area contributed by atoms with Crippen LogP contribution >= 0.6 is 11.6 Å². The van der Waals surface area contributed by atoms with Crippen LogP contribution in [0.4, 0.5) is 16.2 Å². The van der Waals surface area contributed by atoms with E-state index in [2.05, 4.69) is 10.6 Å². The van der Waals surface area contributed by atoms with Crippen molar-refractivity contribution in [1.82, 2.24) is 10.2 Å². The smallest absolute Gasteiger partial charge is 0.321 e. The molecule has 36 heavy (non-hydrogen) atoms. The number of amides is 3. The number of nitrogens with zero attached hydrogens (tertiary/aromatic N) is 3. The van der Waals surface area contributed by atoms with Crippen LogP contribution in [0.25, 0.3) is 0 Å². The number of likely N-dealkylation sites (N-methyl/N-ethyl adjacent to an activating group) is 1. The summed E-state index contributed by atoms with van der Waals surface area (Å²) in [5.74, 6) is -0.447. The molecular formula is C27H28ClN5O3. The second-order valence-electron chi connectivity index (χ2n) is 8.73. The molecule has 3 aromatic rings. The van der Waals surface area contributed by atoms with Crippen molar-refractivity contribution < 1.29 is 14.7 Å². The summed E-state index contributed by atoms with van der Waals surface area (Å²) in [6.07, 6.45) is -2.02. The summed E-state index contributed by atoms with van der Waals surface area (Å²) in [4.78, 5) is 34.7. The Bertz CT molecular complexity index is 1250. The number of aliphatic imine (C=N–C) groups is 1. The van der Waals surface area contributed by atoms with Crippen LogP contribution in [0.1, 0.15) is 11.1 Å². The molecule has 1 aliphatic heterocycles. The van der Waals surface area contributed by atoms with E-state index in [0.717, 1.165) is 11.1 Å². The number of anilines is 2. The number of urea groups is 1. The lowest BCUT2D eigenvalue weighted by atomic mass is 10.00. The SMILES string of the molecule is CN(C)CC(O)CN1C(=O)C(NC(=O)Nc2ccc(Cl)cc2)N=C(c2ccccc2)c2ccccc21. The Morgan fingerprint density at radius 3 is 2.42 bits per heavy atom. The van der Waals surface area contributed by atoms with E-state index in [1.807, 2.05) is 73.6 Å². The molecule has 0 saturated heterocycles. The Morgan fingerprint density at radius 1 is 1.06 bits per heavy atom. The molecule has 2 unspecified atom stereocenters. The number of carbonyl (C=O) groups is 2. The zero-order chi connectivity index (χ0) is 25.7.